The molecule has 176 valence electrons. The van der Waals surface area contributed by atoms with E-state index in [0.29, 0.717) is 35.2 Å². The molecule has 3 aromatic carbocycles. The molecule has 2 amide bonds. The van der Waals surface area contributed by atoms with E-state index in [1.54, 1.807) is 42.5 Å². The van der Waals surface area contributed by atoms with Gasteiger partial charge in [-0.1, -0.05) is 30.3 Å². The van der Waals surface area contributed by atoms with E-state index in [2.05, 4.69) is 10.5 Å². The molecular weight excluding hydrogens is 438 g/mol. The highest BCUT2D eigenvalue weighted by molar-refractivity contribution is 5.83. The number of hydrazone groups is 1. The van der Waals surface area contributed by atoms with Crippen molar-refractivity contribution in [2.45, 2.75) is 6.61 Å². The van der Waals surface area contributed by atoms with Gasteiger partial charge in [0.25, 0.3) is 11.8 Å². The van der Waals surface area contributed by atoms with Crippen LogP contribution in [0.5, 0.6) is 23.0 Å². The first-order valence-corrected chi connectivity index (χ1v) is 10.3. The van der Waals surface area contributed by atoms with Gasteiger partial charge in [0.05, 0.1) is 13.3 Å². The average Bonchev–Trinajstić information content (AvgIpc) is 2.86. The van der Waals surface area contributed by atoms with Gasteiger partial charge < -0.3 is 24.7 Å². The molecule has 0 atom stereocenters. The van der Waals surface area contributed by atoms with Crippen LogP contribution in [-0.4, -0.2) is 38.4 Å². The third kappa shape index (κ3) is 7.86. The lowest BCUT2D eigenvalue weighted by molar-refractivity contribution is -0.123. The minimum atomic E-state index is -0.593. The predicted molar refractivity (Wildman–Crippen MR) is 126 cm³/mol. The van der Waals surface area contributed by atoms with Gasteiger partial charge in [-0.2, -0.15) is 5.10 Å². The average molecular weight is 463 g/mol. The fourth-order valence-corrected chi connectivity index (χ4v) is 2.77. The summed E-state index contributed by atoms with van der Waals surface area (Å²) in [4.78, 5) is 22.9. The lowest BCUT2D eigenvalue weighted by atomic mass is 10.2. The quantitative estimate of drug-likeness (QED) is 0.315. The normalized spacial score (nSPS) is 10.5. The molecule has 0 heterocycles. The van der Waals surface area contributed by atoms with E-state index >= 15 is 0 Å². The van der Waals surface area contributed by atoms with Crippen molar-refractivity contribution in [3.05, 3.63) is 83.9 Å². The second-order valence-corrected chi connectivity index (χ2v) is 6.99. The van der Waals surface area contributed by atoms with Crippen molar-refractivity contribution in [2.75, 3.05) is 20.3 Å². The molecular formula is C25H25N3O6. The summed E-state index contributed by atoms with van der Waals surface area (Å²) >= 11 is 0. The van der Waals surface area contributed by atoms with Crippen molar-refractivity contribution in [3.8, 4) is 23.0 Å². The van der Waals surface area contributed by atoms with Gasteiger partial charge in [-0.3, -0.25) is 9.59 Å². The number of ether oxygens (including phenoxy) is 4. The molecule has 0 saturated heterocycles. The van der Waals surface area contributed by atoms with Crippen molar-refractivity contribution >= 4 is 18.0 Å². The topological polar surface area (TPSA) is 121 Å². The fraction of sp³-hybridized carbons (Fsp3) is 0.160. The summed E-state index contributed by atoms with van der Waals surface area (Å²) in [7, 11) is 1.47. The number of nitrogens with one attached hydrogen (secondary N) is 1. The number of nitrogens with two attached hydrogens (primary N) is 1. The molecule has 0 spiro atoms. The number of hydrogen-bond donors (Lipinski definition) is 2. The number of amides is 2. The van der Waals surface area contributed by atoms with Gasteiger partial charge in [0, 0.05) is 0 Å². The lowest BCUT2D eigenvalue weighted by Gasteiger charge is -2.10. The molecule has 0 aliphatic carbocycles. The molecule has 9 heteroatoms. The van der Waals surface area contributed by atoms with E-state index in [1.165, 1.54) is 13.3 Å². The van der Waals surface area contributed by atoms with Gasteiger partial charge in [-0.05, 0) is 53.6 Å². The summed E-state index contributed by atoms with van der Waals surface area (Å²) in [5.74, 6) is 0.983. The first-order chi connectivity index (χ1) is 16.5. The van der Waals surface area contributed by atoms with Crippen LogP contribution in [0.3, 0.4) is 0 Å². The Morgan fingerprint density at radius 2 is 1.59 bits per heavy atom. The molecule has 3 rings (SSSR count). The van der Waals surface area contributed by atoms with Crippen molar-refractivity contribution < 1.29 is 28.5 Å². The van der Waals surface area contributed by atoms with Crippen LogP contribution >= 0.6 is 0 Å². The minimum absolute atomic E-state index is 0.204. The van der Waals surface area contributed by atoms with Crippen molar-refractivity contribution in [1.29, 1.82) is 0 Å². The third-order valence-electron chi connectivity index (χ3n) is 4.40. The Morgan fingerprint density at radius 1 is 0.882 bits per heavy atom. The Kier molecular flexibility index (Phi) is 8.86. The molecule has 0 aliphatic rings. The van der Waals surface area contributed by atoms with E-state index in [4.69, 9.17) is 24.7 Å². The predicted octanol–water partition coefficient (Wildman–Crippen LogP) is 2.67. The third-order valence-corrected chi connectivity index (χ3v) is 4.40. The minimum Gasteiger partial charge on any atom is -0.493 e. The van der Waals surface area contributed by atoms with Gasteiger partial charge in [-0.25, -0.2) is 5.43 Å². The van der Waals surface area contributed by atoms with Crippen molar-refractivity contribution in [3.63, 3.8) is 0 Å². The van der Waals surface area contributed by atoms with Crippen LogP contribution in [0.4, 0.5) is 0 Å². The zero-order chi connectivity index (χ0) is 24.2. The van der Waals surface area contributed by atoms with Crippen LogP contribution in [0.15, 0.2) is 77.9 Å². The molecule has 0 radical (unpaired) electrons. The van der Waals surface area contributed by atoms with E-state index in [1.807, 2.05) is 30.3 Å². The van der Waals surface area contributed by atoms with Crippen molar-refractivity contribution in [2.24, 2.45) is 10.8 Å². The highest BCUT2D eigenvalue weighted by Crippen LogP contribution is 2.27. The van der Waals surface area contributed by atoms with E-state index in [0.717, 1.165) is 5.56 Å². The number of methoxy groups -OCH3 is 1. The van der Waals surface area contributed by atoms with E-state index < -0.39 is 11.8 Å². The number of nitrogens with zero attached hydrogens (tertiary/aromatic N) is 1. The molecule has 0 unspecified atom stereocenters. The van der Waals surface area contributed by atoms with Gasteiger partial charge >= 0.3 is 0 Å². The number of hydrogen-bond acceptors (Lipinski definition) is 7. The van der Waals surface area contributed by atoms with Crippen LogP contribution in [0.1, 0.15) is 11.1 Å². The smallest absolute Gasteiger partial charge is 0.277 e. The summed E-state index contributed by atoms with van der Waals surface area (Å²) in [6.45, 7) is 0.00449. The Hall–Kier alpha value is -4.53. The van der Waals surface area contributed by atoms with Gasteiger partial charge in [0.1, 0.15) is 18.1 Å². The zero-order valence-electron chi connectivity index (χ0n) is 18.6. The summed E-state index contributed by atoms with van der Waals surface area (Å²) in [6.07, 6.45) is 1.44. The molecule has 0 bridgehead atoms. The number of primary amides is 1. The van der Waals surface area contributed by atoms with Gasteiger partial charge in [0.2, 0.25) is 0 Å². The second-order valence-electron chi connectivity index (χ2n) is 6.99. The molecule has 0 saturated carbocycles. The van der Waals surface area contributed by atoms with Gasteiger partial charge in [0.15, 0.2) is 24.7 Å². The number of carbonyl (C=O) groups is 2. The number of rotatable bonds is 12. The summed E-state index contributed by atoms with van der Waals surface area (Å²) in [5.41, 5.74) is 9.19. The fourth-order valence-electron chi connectivity index (χ4n) is 2.77. The number of carbonyl (C=O) groups excluding carboxylic acids is 2. The summed E-state index contributed by atoms with van der Waals surface area (Å²) < 4.78 is 21.7. The highest BCUT2D eigenvalue weighted by atomic mass is 16.5. The first kappa shape index (κ1) is 24.1. The first-order valence-electron chi connectivity index (χ1n) is 10.3. The molecule has 34 heavy (non-hydrogen) atoms. The van der Waals surface area contributed by atoms with Crippen LogP contribution in [0, 0.1) is 0 Å². The molecule has 0 aliphatic heterocycles. The Bertz CT molecular complexity index is 1120. The Balaban J connectivity index is 1.42. The van der Waals surface area contributed by atoms with Gasteiger partial charge in [-0.15, -0.1) is 0 Å². The zero-order valence-corrected chi connectivity index (χ0v) is 18.6. The monoisotopic (exact) mass is 463 g/mol. The maximum Gasteiger partial charge on any atom is 0.277 e. The maximum absolute atomic E-state index is 12.0. The van der Waals surface area contributed by atoms with Crippen LogP contribution in [0.25, 0.3) is 0 Å². The van der Waals surface area contributed by atoms with E-state index in [-0.39, 0.29) is 13.2 Å². The van der Waals surface area contributed by atoms with Crippen LogP contribution in [-0.2, 0) is 16.2 Å². The SMILES string of the molecule is COc1cc(C=NNC(=O)COc2ccc(OCc3ccccc3)cc2)ccc1OCC(N)=O. The summed E-state index contributed by atoms with van der Waals surface area (Å²) in [5, 5.41) is 3.91. The maximum atomic E-state index is 12.0. The highest BCUT2D eigenvalue weighted by Gasteiger charge is 2.07. The van der Waals surface area contributed by atoms with Crippen LogP contribution < -0.4 is 30.1 Å². The second kappa shape index (κ2) is 12.5. The Labute approximate surface area is 197 Å². The molecule has 0 fully saturated rings. The standard InChI is InChI=1S/C25H25N3O6/c1-31-23-13-19(7-12-22(23)34-16-24(26)29)14-27-28-25(30)17-33-21-10-8-20(9-11-21)32-15-18-5-3-2-4-6-18/h2-14H,15-17H2,1H3,(H2,26,29)(H,28,30). The lowest BCUT2D eigenvalue weighted by Crippen LogP contribution is -2.24. The number of benzene rings is 3. The van der Waals surface area contributed by atoms with E-state index in [9.17, 15) is 9.59 Å². The molecule has 9 nitrogen and oxygen atoms in total. The molecule has 0 aromatic heterocycles. The van der Waals surface area contributed by atoms with Crippen molar-refractivity contribution in [1.82, 2.24) is 5.43 Å². The summed E-state index contributed by atoms with van der Waals surface area (Å²) in [6, 6.07) is 21.8. The molecule has 3 N–H and O–H groups in total. The van der Waals surface area contributed by atoms with Crippen LogP contribution in [0.2, 0.25) is 0 Å². The molecule has 3 aromatic rings. The largest absolute Gasteiger partial charge is 0.493 e. The Morgan fingerprint density at radius 3 is 2.26 bits per heavy atom.